The number of nitrogens with zero attached hydrogens (tertiary/aromatic N) is 2. The van der Waals surface area contributed by atoms with Gasteiger partial charge >= 0.3 is 0 Å². The van der Waals surface area contributed by atoms with Crippen LogP contribution in [0.1, 0.15) is 15.9 Å². The lowest BCUT2D eigenvalue weighted by atomic mass is 10.1. The van der Waals surface area contributed by atoms with Gasteiger partial charge in [-0.2, -0.15) is 0 Å². The Balaban J connectivity index is 1.14. The number of hydrogen-bond acceptors (Lipinski definition) is 5. The minimum atomic E-state index is -3.90. The van der Waals surface area contributed by atoms with E-state index < -0.39 is 10.0 Å². The summed E-state index contributed by atoms with van der Waals surface area (Å²) in [6, 6.07) is 28.6. The van der Waals surface area contributed by atoms with E-state index in [9.17, 15) is 13.2 Å². The molecule has 1 amide bonds. The van der Waals surface area contributed by atoms with E-state index in [4.69, 9.17) is 23.2 Å². The smallest absolute Gasteiger partial charge is 0.261 e. The molecule has 40 heavy (non-hydrogen) atoms. The van der Waals surface area contributed by atoms with Gasteiger partial charge in [-0.3, -0.25) is 14.4 Å². The number of halogens is 2. The molecule has 0 aromatic heterocycles. The fourth-order valence-electron chi connectivity index (χ4n) is 4.53. The van der Waals surface area contributed by atoms with E-state index in [1.807, 2.05) is 30.3 Å². The Morgan fingerprint density at radius 1 is 0.775 bits per heavy atom. The Morgan fingerprint density at radius 2 is 1.45 bits per heavy atom. The van der Waals surface area contributed by atoms with Crippen molar-refractivity contribution in [2.75, 3.05) is 41.1 Å². The normalized spacial score (nSPS) is 14.1. The highest BCUT2D eigenvalue weighted by Gasteiger charge is 2.19. The van der Waals surface area contributed by atoms with Gasteiger partial charge in [-0.15, -0.1) is 0 Å². The van der Waals surface area contributed by atoms with E-state index in [2.05, 4.69) is 44.1 Å². The maximum absolute atomic E-state index is 12.8. The number of piperazine rings is 1. The molecule has 7 nitrogen and oxygen atoms in total. The summed E-state index contributed by atoms with van der Waals surface area (Å²) in [4.78, 5) is 17.6. The fourth-order valence-corrected chi connectivity index (χ4v) is 6.01. The van der Waals surface area contributed by atoms with Crippen LogP contribution in [-0.4, -0.2) is 45.4 Å². The molecule has 0 spiro atoms. The molecule has 2 N–H and O–H groups in total. The first kappa shape index (κ1) is 28.0. The molecule has 1 saturated heterocycles. The summed E-state index contributed by atoms with van der Waals surface area (Å²) in [7, 11) is -3.90. The van der Waals surface area contributed by atoms with Crippen molar-refractivity contribution in [3.05, 3.63) is 118 Å². The van der Waals surface area contributed by atoms with Gasteiger partial charge in [-0.25, -0.2) is 8.42 Å². The molecule has 0 bridgehead atoms. The van der Waals surface area contributed by atoms with Crippen LogP contribution in [0.2, 0.25) is 10.0 Å². The van der Waals surface area contributed by atoms with E-state index in [1.165, 1.54) is 36.0 Å². The van der Waals surface area contributed by atoms with Crippen molar-refractivity contribution in [2.45, 2.75) is 11.4 Å². The van der Waals surface area contributed by atoms with Gasteiger partial charge in [-0.05, 0) is 66.2 Å². The minimum absolute atomic E-state index is 0.0236. The van der Waals surface area contributed by atoms with Gasteiger partial charge in [0.05, 0.1) is 20.6 Å². The fraction of sp³-hybridized carbons (Fsp3) is 0.167. The summed E-state index contributed by atoms with van der Waals surface area (Å²) in [5.41, 5.74) is 3.58. The summed E-state index contributed by atoms with van der Waals surface area (Å²) >= 11 is 12.1. The third-order valence-corrected chi connectivity index (χ3v) is 8.93. The standard InChI is InChI=1S/C30H28Cl2N4O3S/c31-27-7-4-8-28(29(27)32)34-40(38,39)26-15-13-24(14-16-26)33-30(37)23-11-9-22(10-12-23)21-35-17-19-36(20-18-35)25-5-2-1-3-6-25/h1-16,34H,17-21H2,(H,33,37). The van der Waals surface area contributed by atoms with Gasteiger partial charge in [0.2, 0.25) is 0 Å². The minimum Gasteiger partial charge on any atom is -0.369 e. The number of carbonyl (C=O) groups excluding carboxylic acids is 1. The van der Waals surface area contributed by atoms with Crippen molar-refractivity contribution < 1.29 is 13.2 Å². The van der Waals surface area contributed by atoms with Gasteiger partial charge in [0.1, 0.15) is 0 Å². The second-order valence-electron chi connectivity index (χ2n) is 9.48. The monoisotopic (exact) mass is 594 g/mol. The maximum atomic E-state index is 12.8. The Labute approximate surface area is 244 Å². The first-order valence-electron chi connectivity index (χ1n) is 12.8. The highest BCUT2D eigenvalue weighted by molar-refractivity contribution is 7.92. The number of sulfonamides is 1. The third kappa shape index (κ3) is 6.77. The van der Waals surface area contributed by atoms with E-state index >= 15 is 0 Å². The Kier molecular flexibility index (Phi) is 8.61. The summed E-state index contributed by atoms with van der Waals surface area (Å²) in [6.45, 7) is 4.74. The molecular weight excluding hydrogens is 567 g/mol. The largest absolute Gasteiger partial charge is 0.369 e. The van der Waals surface area contributed by atoms with Crippen molar-refractivity contribution >= 4 is 56.2 Å². The number of anilines is 3. The summed E-state index contributed by atoms with van der Waals surface area (Å²) < 4.78 is 28.0. The molecule has 0 saturated carbocycles. The van der Waals surface area contributed by atoms with Crippen LogP contribution in [0.15, 0.2) is 102 Å². The number of para-hydroxylation sites is 1. The summed E-state index contributed by atoms with van der Waals surface area (Å²) in [6.07, 6.45) is 0. The van der Waals surface area contributed by atoms with E-state index in [0.717, 1.165) is 38.3 Å². The van der Waals surface area contributed by atoms with Crippen LogP contribution < -0.4 is 14.9 Å². The quantitative estimate of drug-likeness (QED) is 0.248. The van der Waals surface area contributed by atoms with Gasteiger partial charge in [0.25, 0.3) is 15.9 Å². The van der Waals surface area contributed by atoms with Gasteiger partial charge in [0.15, 0.2) is 0 Å². The summed E-state index contributed by atoms with van der Waals surface area (Å²) in [5.74, 6) is -0.275. The SMILES string of the molecule is O=C(Nc1ccc(S(=O)(=O)Nc2cccc(Cl)c2Cl)cc1)c1ccc(CN2CCN(c3ccccc3)CC2)cc1. The topological polar surface area (TPSA) is 81.7 Å². The molecule has 10 heteroatoms. The number of benzene rings is 4. The van der Waals surface area contributed by atoms with Crippen molar-refractivity contribution in [3.8, 4) is 0 Å². The average molecular weight is 596 g/mol. The van der Waals surface area contributed by atoms with Crippen LogP contribution in [-0.2, 0) is 16.6 Å². The number of carbonyl (C=O) groups is 1. The Bertz CT molecular complexity index is 1570. The van der Waals surface area contributed by atoms with Crippen LogP contribution in [0.4, 0.5) is 17.1 Å². The maximum Gasteiger partial charge on any atom is 0.261 e. The van der Waals surface area contributed by atoms with Crippen LogP contribution in [0.3, 0.4) is 0 Å². The van der Waals surface area contributed by atoms with Crippen molar-refractivity contribution in [2.24, 2.45) is 0 Å². The lowest BCUT2D eigenvalue weighted by Gasteiger charge is -2.36. The highest BCUT2D eigenvalue weighted by atomic mass is 35.5. The van der Waals surface area contributed by atoms with Gasteiger partial charge in [-0.1, -0.05) is 59.6 Å². The third-order valence-electron chi connectivity index (χ3n) is 6.73. The zero-order valence-electron chi connectivity index (χ0n) is 21.6. The van der Waals surface area contributed by atoms with Crippen LogP contribution in [0.5, 0.6) is 0 Å². The molecule has 206 valence electrons. The van der Waals surface area contributed by atoms with Crippen molar-refractivity contribution in [1.82, 2.24) is 4.90 Å². The summed E-state index contributed by atoms with van der Waals surface area (Å²) in [5, 5.41) is 3.18. The second kappa shape index (κ2) is 12.3. The lowest BCUT2D eigenvalue weighted by molar-refractivity contribution is 0.102. The molecule has 4 aromatic carbocycles. The Morgan fingerprint density at radius 3 is 2.12 bits per heavy atom. The molecule has 5 rings (SSSR count). The van der Waals surface area contributed by atoms with Crippen LogP contribution >= 0.6 is 23.2 Å². The molecule has 0 aliphatic carbocycles. The van der Waals surface area contributed by atoms with E-state index in [-0.39, 0.29) is 26.5 Å². The second-order valence-corrected chi connectivity index (χ2v) is 11.9. The van der Waals surface area contributed by atoms with E-state index in [0.29, 0.717) is 11.3 Å². The van der Waals surface area contributed by atoms with Gasteiger partial charge < -0.3 is 10.2 Å². The zero-order valence-corrected chi connectivity index (χ0v) is 23.9. The number of amides is 1. The molecular formula is C30H28Cl2N4O3S. The van der Waals surface area contributed by atoms with Gasteiger partial charge in [0, 0.05) is 49.7 Å². The predicted octanol–water partition coefficient (Wildman–Crippen LogP) is 6.37. The van der Waals surface area contributed by atoms with Crippen LogP contribution in [0.25, 0.3) is 0 Å². The molecule has 0 radical (unpaired) electrons. The predicted molar refractivity (Wildman–Crippen MR) is 162 cm³/mol. The molecule has 1 aliphatic rings. The first-order valence-corrected chi connectivity index (χ1v) is 15.0. The average Bonchev–Trinajstić information content (AvgIpc) is 2.97. The van der Waals surface area contributed by atoms with Crippen molar-refractivity contribution in [1.29, 1.82) is 0 Å². The first-order chi connectivity index (χ1) is 19.3. The number of hydrogen-bond donors (Lipinski definition) is 2. The van der Waals surface area contributed by atoms with Crippen LogP contribution in [0, 0.1) is 0 Å². The zero-order chi connectivity index (χ0) is 28.1. The molecule has 0 atom stereocenters. The number of rotatable bonds is 8. The molecule has 4 aromatic rings. The Hall–Kier alpha value is -3.56. The molecule has 0 unspecified atom stereocenters. The molecule has 1 fully saturated rings. The number of nitrogens with one attached hydrogen (secondary N) is 2. The van der Waals surface area contributed by atoms with Crippen molar-refractivity contribution in [3.63, 3.8) is 0 Å². The lowest BCUT2D eigenvalue weighted by Crippen LogP contribution is -2.45. The molecule has 1 aliphatic heterocycles. The van der Waals surface area contributed by atoms with E-state index in [1.54, 1.807) is 12.1 Å². The highest BCUT2D eigenvalue weighted by Crippen LogP contribution is 2.31. The molecule has 1 heterocycles.